The zero-order chi connectivity index (χ0) is 15.1. The molecule has 1 aromatic rings. The Morgan fingerprint density at radius 2 is 2.10 bits per heavy atom. The van der Waals surface area contributed by atoms with E-state index in [9.17, 15) is 9.59 Å². The van der Waals surface area contributed by atoms with Crippen molar-refractivity contribution in [2.45, 2.75) is 32.4 Å². The van der Waals surface area contributed by atoms with Crippen LogP contribution in [0.2, 0.25) is 0 Å². The summed E-state index contributed by atoms with van der Waals surface area (Å²) in [6.45, 7) is 5.74. The van der Waals surface area contributed by atoms with Gasteiger partial charge in [0.2, 0.25) is 0 Å². The molecule has 0 aliphatic carbocycles. The van der Waals surface area contributed by atoms with Gasteiger partial charge in [0.15, 0.2) is 0 Å². The largest absolute Gasteiger partial charge is 0.375 e. The number of ketones is 1. The Morgan fingerprint density at radius 3 is 2.81 bits per heavy atom. The minimum absolute atomic E-state index is 0.182. The summed E-state index contributed by atoms with van der Waals surface area (Å²) < 4.78 is 5.72. The molecule has 112 valence electrons. The normalized spacial score (nSPS) is 25.5. The molecule has 2 heterocycles. The zero-order valence-corrected chi connectivity index (χ0v) is 12.6. The average molecular weight is 288 g/mol. The van der Waals surface area contributed by atoms with Crippen molar-refractivity contribution in [2.75, 3.05) is 30.0 Å². The van der Waals surface area contributed by atoms with Crippen molar-refractivity contribution in [3.05, 3.63) is 23.8 Å². The van der Waals surface area contributed by atoms with Crippen molar-refractivity contribution in [2.24, 2.45) is 0 Å². The maximum atomic E-state index is 11.8. The fourth-order valence-corrected chi connectivity index (χ4v) is 3.04. The first-order valence-corrected chi connectivity index (χ1v) is 7.37. The van der Waals surface area contributed by atoms with E-state index >= 15 is 0 Å². The van der Waals surface area contributed by atoms with Crippen LogP contribution in [0.4, 0.5) is 11.4 Å². The summed E-state index contributed by atoms with van der Waals surface area (Å²) in [4.78, 5) is 27.4. The zero-order valence-electron chi connectivity index (χ0n) is 12.6. The Balaban J connectivity index is 1.97. The molecule has 0 N–H and O–H groups in total. The van der Waals surface area contributed by atoms with Crippen LogP contribution >= 0.6 is 0 Å². The van der Waals surface area contributed by atoms with Gasteiger partial charge < -0.3 is 14.5 Å². The van der Waals surface area contributed by atoms with Crippen molar-refractivity contribution in [3.8, 4) is 0 Å². The van der Waals surface area contributed by atoms with E-state index in [2.05, 4.69) is 18.7 Å². The Labute approximate surface area is 124 Å². The molecule has 3 rings (SSSR count). The average Bonchev–Trinajstić information content (AvgIpc) is 2.71. The minimum Gasteiger partial charge on any atom is -0.375 e. The SMILES string of the molecule is CCC1COC(C)CN1c1ccc2c(c1)N(C)C(=O)C2=O. The van der Waals surface area contributed by atoms with Gasteiger partial charge in [0, 0.05) is 19.3 Å². The fourth-order valence-electron chi connectivity index (χ4n) is 3.04. The molecule has 21 heavy (non-hydrogen) atoms. The molecule has 1 aromatic carbocycles. The van der Waals surface area contributed by atoms with Crippen LogP contribution in [-0.2, 0) is 9.53 Å². The Hall–Kier alpha value is -1.88. The number of amides is 1. The van der Waals surface area contributed by atoms with E-state index in [1.165, 1.54) is 4.90 Å². The predicted molar refractivity (Wildman–Crippen MR) is 81.0 cm³/mol. The van der Waals surface area contributed by atoms with Gasteiger partial charge in [0.05, 0.1) is 30.0 Å². The minimum atomic E-state index is -0.454. The molecule has 5 nitrogen and oxygen atoms in total. The van der Waals surface area contributed by atoms with E-state index < -0.39 is 11.7 Å². The quantitative estimate of drug-likeness (QED) is 0.779. The Morgan fingerprint density at radius 1 is 1.33 bits per heavy atom. The number of carbonyl (C=O) groups excluding carboxylic acids is 2. The van der Waals surface area contributed by atoms with Gasteiger partial charge in [-0.1, -0.05) is 6.92 Å². The summed E-state index contributed by atoms with van der Waals surface area (Å²) in [6.07, 6.45) is 1.18. The lowest BCUT2D eigenvalue weighted by Gasteiger charge is -2.40. The third kappa shape index (κ3) is 2.21. The van der Waals surface area contributed by atoms with Gasteiger partial charge in [-0.2, -0.15) is 0 Å². The number of fused-ring (bicyclic) bond motifs is 1. The number of hydrogen-bond donors (Lipinski definition) is 0. The molecule has 0 spiro atoms. The molecule has 2 atom stereocenters. The highest BCUT2D eigenvalue weighted by molar-refractivity contribution is 6.52. The lowest BCUT2D eigenvalue weighted by atomic mass is 10.1. The van der Waals surface area contributed by atoms with E-state index in [4.69, 9.17) is 4.74 Å². The molecule has 1 fully saturated rings. The second-order valence-electron chi connectivity index (χ2n) is 5.75. The number of benzene rings is 1. The lowest BCUT2D eigenvalue weighted by molar-refractivity contribution is -0.114. The van der Waals surface area contributed by atoms with Crippen molar-refractivity contribution < 1.29 is 14.3 Å². The molecular weight excluding hydrogens is 268 g/mol. The van der Waals surface area contributed by atoms with Crippen LogP contribution in [0.1, 0.15) is 30.6 Å². The second kappa shape index (κ2) is 5.15. The van der Waals surface area contributed by atoms with Crippen molar-refractivity contribution >= 4 is 23.1 Å². The maximum Gasteiger partial charge on any atom is 0.299 e. The van der Waals surface area contributed by atoms with Gasteiger partial charge in [-0.3, -0.25) is 9.59 Å². The fraction of sp³-hybridized carbons (Fsp3) is 0.500. The van der Waals surface area contributed by atoms with Crippen molar-refractivity contribution in [1.29, 1.82) is 0 Å². The number of morpholine rings is 1. The van der Waals surface area contributed by atoms with Gasteiger partial charge in [-0.25, -0.2) is 0 Å². The van der Waals surface area contributed by atoms with Gasteiger partial charge in [0.25, 0.3) is 11.7 Å². The van der Waals surface area contributed by atoms with Crippen LogP contribution in [0.15, 0.2) is 18.2 Å². The number of ether oxygens (including phenoxy) is 1. The van der Waals surface area contributed by atoms with E-state index in [0.29, 0.717) is 23.9 Å². The summed E-state index contributed by atoms with van der Waals surface area (Å²) in [7, 11) is 1.65. The molecule has 2 aliphatic heterocycles. The molecule has 0 saturated carbocycles. The molecule has 2 unspecified atom stereocenters. The smallest absolute Gasteiger partial charge is 0.299 e. The van der Waals surface area contributed by atoms with Gasteiger partial charge in [0.1, 0.15) is 0 Å². The summed E-state index contributed by atoms with van der Waals surface area (Å²) in [6, 6.07) is 5.97. The van der Waals surface area contributed by atoms with Crippen LogP contribution in [-0.4, -0.2) is 44.0 Å². The number of anilines is 2. The van der Waals surface area contributed by atoms with E-state index in [1.807, 2.05) is 12.1 Å². The van der Waals surface area contributed by atoms with Crippen LogP contribution in [0.25, 0.3) is 0 Å². The van der Waals surface area contributed by atoms with E-state index in [-0.39, 0.29) is 6.10 Å². The van der Waals surface area contributed by atoms with Crippen LogP contribution in [0.3, 0.4) is 0 Å². The van der Waals surface area contributed by atoms with Crippen molar-refractivity contribution in [3.63, 3.8) is 0 Å². The molecule has 1 amide bonds. The second-order valence-corrected chi connectivity index (χ2v) is 5.75. The first-order chi connectivity index (χ1) is 10.0. The first-order valence-electron chi connectivity index (χ1n) is 7.37. The summed E-state index contributed by atoms with van der Waals surface area (Å²) in [5.74, 6) is -0.869. The highest BCUT2D eigenvalue weighted by atomic mass is 16.5. The molecule has 0 radical (unpaired) electrons. The van der Waals surface area contributed by atoms with Crippen LogP contribution in [0, 0.1) is 0 Å². The number of rotatable bonds is 2. The number of Topliss-reactive ketones (excluding diaryl/α,β-unsaturated/α-hetero) is 1. The van der Waals surface area contributed by atoms with Gasteiger partial charge >= 0.3 is 0 Å². The monoisotopic (exact) mass is 288 g/mol. The lowest BCUT2D eigenvalue weighted by Crippen LogP contribution is -2.48. The standard InChI is InChI=1S/C16H20N2O3/c1-4-11-9-21-10(2)8-18(11)12-5-6-13-14(7-12)17(3)16(20)15(13)19/h5-7,10-11H,4,8-9H2,1-3H3. The molecule has 1 saturated heterocycles. The summed E-state index contributed by atoms with van der Waals surface area (Å²) >= 11 is 0. The molecule has 0 bridgehead atoms. The molecule has 2 aliphatic rings. The topological polar surface area (TPSA) is 49.9 Å². The Bertz CT molecular complexity index is 599. The number of likely N-dealkylation sites (N-methyl/N-ethyl adjacent to an activating group) is 1. The van der Waals surface area contributed by atoms with Crippen LogP contribution in [0.5, 0.6) is 0 Å². The summed E-state index contributed by atoms with van der Waals surface area (Å²) in [5, 5.41) is 0. The van der Waals surface area contributed by atoms with Gasteiger partial charge in [-0.05, 0) is 31.5 Å². The van der Waals surface area contributed by atoms with E-state index in [0.717, 1.165) is 18.7 Å². The maximum absolute atomic E-state index is 11.8. The summed E-state index contributed by atoms with van der Waals surface area (Å²) in [5.41, 5.74) is 2.25. The molecule has 0 aromatic heterocycles. The molecule has 5 heteroatoms. The number of hydrogen-bond acceptors (Lipinski definition) is 4. The van der Waals surface area contributed by atoms with Gasteiger partial charge in [-0.15, -0.1) is 0 Å². The Kier molecular flexibility index (Phi) is 3.45. The third-order valence-corrected chi connectivity index (χ3v) is 4.36. The highest BCUT2D eigenvalue weighted by Crippen LogP contribution is 2.33. The number of carbonyl (C=O) groups is 2. The third-order valence-electron chi connectivity index (χ3n) is 4.36. The van der Waals surface area contributed by atoms with Crippen molar-refractivity contribution in [1.82, 2.24) is 0 Å². The predicted octanol–water partition coefficient (Wildman–Crippen LogP) is 1.85. The number of nitrogens with zero attached hydrogens (tertiary/aromatic N) is 2. The highest BCUT2D eigenvalue weighted by Gasteiger charge is 2.34. The van der Waals surface area contributed by atoms with E-state index in [1.54, 1.807) is 13.1 Å². The first kappa shape index (κ1) is 14.1. The molecular formula is C16H20N2O3. The van der Waals surface area contributed by atoms with Crippen LogP contribution < -0.4 is 9.80 Å².